The van der Waals surface area contributed by atoms with Crippen molar-refractivity contribution in [1.82, 2.24) is 24.1 Å². The number of nitrogens with zero attached hydrogens (tertiary/aromatic N) is 5. The van der Waals surface area contributed by atoms with Crippen molar-refractivity contribution in [3.05, 3.63) is 35.9 Å². The lowest BCUT2D eigenvalue weighted by molar-refractivity contribution is -0.117. The van der Waals surface area contributed by atoms with E-state index in [1.165, 1.54) is 0 Å². The Balaban J connectivity index is 2.04. The fraction of sp³-hybridized carbons (Fsp3) is 0.375. The van der Waals surface area contributed by atoms with E-state index in [0.717, 1.165) is 17.0 Å². The van der Waals surface area contributed by atoms with Crippen LogP contribution in [0.3, 0.4) is 0 Å². The molecule has 0 aromatic carbocycles. The molecule has 1 amide bonds. The van der Waals surface area contributed by atoms with E-state index in [1.807, 2.05) is 42.6 Å². The summed E-state index contributed by atoms with van der Waals surface area (Å²) in [6, 6.07) is 5.81. The molecule has 0 unspecified atom stereocenters. The van der Waals surface area contributed by atoms with Crippen molar-refractivity contribution in [1.29, 1.82) is 0 Å². The van der Waals surface area contributed by atoms with Crippen molar-refractivity contribution >= 4 is 11.6 Å². The van der Waals surface area contributed by atoms with Gasteiger partial charge in [0.15, 0.2) is 11.6 Å². The first-order valence-electron chi connectivity index (χ1n) is 7.84. The van der Waals surface area contributed by atoms with Crippen molar-refractivity contribution in [3.63, 3.8) is 0 Å². The topological polar surface area (TPSA) is 100 Å². The van der Waals surface area contributed by atoms with E-state index < -0.39 is 5.91 Å². The maximum absolute atomic E-state index is 11.2. The normalized spacial score (nSPS) is 11.2. The Morgan fingerprint density at radius 1 is 1.33 bits per heavy atom. The highest BCUT2D eigenvalue weighted by Crippen LogP contribution is 2.22. The third-order valence-electron chi connectivity index (χ3n) is 3.68. The standard InChI is InChI=1S/C16H20N6O2/c1-3-24-9-8-22-16(18-13(20-22)10-12(17)23)15-11(2)21-7-5-4-6-14(21)19-15/h4-7H,3,8-10H2,1-2H3,(H2,17,23). The molecule has 0 fully saturated rings. The summed E-state index contributed by atoms with van der Waals surface area (Å²) in [6.07, 6.45) is 1.95. The molecule has 126 valence electrons. The molecule has 0 bridgehead atoms. The Labute approximate surface area is 139 Å². The number of primary amides is 1. The third kappa shape index (κ3) is 3.13. The number of carbonyl (C=O) groups excluding carboxylic acids is 1. The first-order valence-corrected chi connectivity index (χ1v) is 7.84. The van der Waals surface area contributed by atoms with Gasteiger partial charge in [0.05, 0.1) is 25.3 Å². The minimum atomic E-state index is -0.463. The van der Waals surface area contributed by atoms with E-state index in [9.17, 15) is 4.79 Å². The van der Waals surface area contributed by atoms with Crippen molar-refractivity contribution in [2.45, 2.75) is 26.8 Å². The number of imidazole rings is 1. The lowest BCUT2D eigenvalue weighted by Crippen LogP contribution is -2.15. The molecule has 3 rings (SSSR count). The lowest BCUT2D eigenvalue weighted by Gasteiger charge is -2.05. The van der Waals surface area contributed by atoms with Gasteiger partial charge < -0.3 is 14.9 Å². The number of amides is 1. The largest absolute Gasteiger partial charge is 0.380 e. The molecular formula is C16H20N6O2. The first kappa shape index (κ1) is 16.1. The highest BCUT2D eigenvalue weighted by atomic mass is 16.5. The molecule has 0 radical (unpaired) electrons. The third-order valence-corrected chi connectivity index (χ3v) is 3.68. The van der Waals surface area contributed by atoms with Gasteiger partial charge in [-0.2, -0.15) is 5.10 Å². The van der Waals surface area contributed by atoms with Crippen LogP contribution in [-0.2, 0) is 22.5 Å². The predicted octanol–water partition coefficient (Wildman–Crippen LogP) is 0.966. The molecule has 0 spiro atoms. The van der Waals surface area contributed by atoms with Gasteiger partial charge in [-0.1, -0.05) is 6.07 Å². The fourth-order valence-corrected chi connectivity index (χ4v) is 2.58. The van der Waals surface area contributed by atoms with Gasteiger partial charge in [0.25, 0.3) is 0 Å². The molecule has 8 nitrogen and oxygen atoms in total. The second-order valence-electron chi connectivity index (χ2n) is 5.39. The average Bonchev–Trinajstić information content (AvgIpc) is 3.09. The molecule has 3 aromatic rings. The Bertz CT molecular complexity index is 867. The molecule has 3 aromatic heterocycles. The number of nitrogens with two attached hydrogens (primary N) is 1. The van der Waals surface area contributed by atoms with Gasteiger partial charge in [-0.15, -0.1) is 0 Å². The minimum Gasteiger partial charge on any atom is -0.380 e. The molecule has 0 aliphatic heterocycles. The van der Waals surface area contributed by atoms with Gasteiger partial charge in [-0.3, -0.25) is 4.79 Å². The van der Waals surface area contributed by atoms with Crippen LogP contribution in [0.2, 0.25) is 0 Å². The van der Waals surface area contributed by atoms with Crippen LogP contribution in [-0.4, -0.2) is 43.3 Å². The molecule has 0 saturated carbocycles. The number of carbonyl (C=O) groups is 1. The van der Waals surface area contributed by atoms with E-state index >= 15 is 0 Å². The highest BCUT2D eigenvalue weighted by molar-refractivity contribution is 5.75. The van der Waals surface area contributed by atoms with E-state index in [4.69, 9.17) is 10.5 Å². The molecule has 0 atom stereocenters. The van der Waals surface area contributed by atoms with Crippen LogP contribution in [0.25, 0.3) is 17.2 Å². The van der Waals surface area contributed by atoms with E-state index in [-0.39, 0.29) is 6.42 Å². The monoisotopic (exact) mass is 328 g/mol. The zero-order valence-corrected chi connectivity index (χ0v) is 13.8. The maximum Gasteiger partial charge on any atom is 0.225 e. The van der Waals surface area contributed by atoms with Gasteiger partial charge in [-0.25, -0.2) is 14.6 Å². The second kappa shape index (κ2) is 6.79. The van der Waals surface area contributed by atoms with Crippen LogP contribution in [0.15, 0.2) is 24.4 Å². The summed E-state index contributed by atoms with van der Waals surface area (Å²) in [7, 11) is 0. The number of rotatable bonds is 7. The fourth-order valence-electron chi connectivity index (χ4n) is 2.58. The molecule has 8 heteroatoms. The van der Waals surface area contributed by atoms with Crippen LogP contribution >= 0.6 is 0 Å². The van der Waals surface area contributed by atoms with E-state index in [2.05, 4.69) is 15.1 Å². The predicted molar refractivity (Wildman–Crippen MR) is 88.3 cm³/mol. The van der Waals surface area contributed by atoms with Crippen molar-refractivity contribution in [2.75, 3.05) is 13.2 Å². The van der Waals surface area contributed by atoms with Crippen LogP contribution in [0.5, 0.6) is 0 Å². The van der Waals surface area contributed by atoms with Gasteiger partial charge in [-0.05, 0) is 26.0 Å². The number of hydrogen-bond acceptors (Lipinski definition) is 5. The number of ether oxygens (including phenoxy) is 1. The maximum atomic E-state index is 11.2. The zero-order chi connectivity index (χ0) is 17.1. The van der Waals surface area contributed by atoms with Gasteiger partial charge in [0.2, 0.25) is 5.91 Å². The Morgan fingerprint density at radius 2 is 2.17 bits per heavy atom. The molecule has 24 heavy (non-hydrogen) atoms. The quantitative estimate of drug-likeness (QED) is 0.651. The Hall–Kier alpha value is -2.74. The Morgan fingerprint density at radius 3 is 2.88 bits per heavy atom. The summed E-state index contributed by atoms with van der Waals surface area (Å²) >= 11 is 0. The average molecular weight is 328 g/mol. The number of aryl methyl sites for hydroxylation is 1. The van der Waals surface area contributed by atoms with Crippen molar-refractivity contribution in [2.24, 2.45) is 5.73 Å². The van der Waals surface area contributed by atoms with Gasteiger partial charge >= 0.3 is 0 Å². The zero-order valence-electron chi connectivity index (χ0n) is 13.8. The van der Waals surface area contributed by atoms with Crippen LogP contribution in [0.4, 0.5) is 0 Å². The molecule has 0 aliphatic rings. The summed E-state index contributed by atoms with van der Waals surface area (Å²) < 4.78 is 9.12. The second-order valence-corrected chi connectivity index (χ2v) is 5.39. The summed E-state index contributed by atoms with van der Waals surface area (Å²) in [6.45, 7) is 5.58. The van der Waals surface area contributed by atoms with E-state index in [1.54, 1.807) is 4.68 Å². The minimum absolute atomic E-state index is 0.00105. The summed E-state index contributed by atoms with van der Waals surface area (Å²) in [5.74, 6) is 0.549. The molecule has 0 saturated heterocycles. The van der Waals surface area contributed by atoms with Crippen molar-refractivity contribution in [3.8, 4) is 11.5 Å². The Kier molecular flexibility index (Phi) is 4.57. The van der Waals surface area contributed by atoms with Crippen LogP contribution < -0.4 is 5.73 Å². The first-order chi connectivity index (χ1) is 11.6. The molecular weight excluding hydrogens is 308 g/mol. The van der Waals surface area contributed by atoms with Gasteiger partial charge in [0, 0.05) is 12.8 Å². The number of pyridine rings is 1. The van der Waals surface area contributed by atoms with Gasteiger partial charge in [0.1, 0.15) is 11.3 Å². The number of aromatic nitrogens is 5. The van der Waals surface area contributed by atoms with Crippen LogP contribution in [0.1, 0.15) is 18.4 Å². The smallest absolute Gasteiger partial charge is 0.225 e. The summed E-state index contributed by atoms with van der Waals surface area (Å²) in [5, 5.41) is 4.39. The SMILES string of the molecule is CCOCCn1nc(CC(N)=O)nc1-c1nc2ccccn2c1C. The summed E-state index contributed by atoms with van der Waals surface area (Å²) in [5.41, 5.74) is 7.79. The van der Waals surface area contributed by atoms with E-state index in [0.29, 0.717) is 31.4 Å². The lowest BCUT2D eigenvalue weighted by atomic mass is 10.3. The molecule has 2 N–H and O–H groups in total. The highest BCUT2D eigenvalue weighted by Gasteiger charge is 2.19. The summed E-state index contributed by atoms with van der Waals surface area (Å²) in [4.78, 5) is 20.3. The number of fused-ring (bicyclic) bond motifs is 1. The number of hydrogen-bond donors (Lipinski definition) is 1. The molecule has 3 heterocycles. The van der Waals surface area contributed by atoms with Crippen LogP contribution in [0, 0.1) is 6.92 Å². The molecule has 0 aliphatic carbocycles. The van der Waals surface area contributed by atoms with Crippen molar-refractivity contribution < 1.29 is 9.53 Å².